The van der Waals surface area contributed by atoms with Crippen molar-refractivity contribution in [2.75, 3.05) is 22.6 Å². The van der Waals surface area contributed by atoms with E-state index in [0.717, 1.165) is 44.2 Å². The first kappa shape index (κ1) is 29.2. The number of hydrogen-bond donors (Lipinski definition) is 3. The molecule has 0 radical (unpaired) electrons. The Hall–Kier alpha value is -1.81. The smallest absolute Gasteiger partial charge is 0.398 e. The summed E-state index contributed by atoms with van der Waals surface area (Å²) in [4.78, 5) is 12.3. The fraction of sp³-hybridized carbons (Fsp3) is 0.696. The van der Waals surface area contributed by atoms with Crippen molar-refractivity contribution in [3.05, 3.63) is 23.8 Å². The van der Waals surface area contributed by atoms with E-state index in [4.69, 9.17) is 5.73 Å². The third kappa shape index (κ3) is 11.2. The number of halogens is 3. The number of rotatable bonds is 15. The van der Waals surface area contributed by atoms with Crippen LogP contribution in [0.5, 0.6) is 0 Å². The van der Waals surface area contributed by atoms with E-state index >= 15 is 0 Å². The Bertz CT molecular complexity index is 856. The van der Waals surface area contributed by atoms with Gasteiger partial charge in [-0.3, -0.25) is 4.79 Å². The topological polar surface area (TPSA) is 109 Å². The summed E-state index contributed by atoms with van der Waals surface area (Å²) in [5.41, 5.74) is 2.00. The molecule has 1 amide bonds. The zero-order valence-electron chi connectivity index (χ0n) is 19.5. The molecule has 0 saturated heterocycles. The number of alkyl halides is 3. The number of carbonyl (C=O) groups is 1. The molecule has 1 rings (SSSR count). The Morgan fingerprint density at radius 2 is 1.55 bits per heavy atom. The maximum Gasteiger partial charge on any atom is 0.418 e. The molecule has 0 aliphatic carbocycles. The summed E-state index contributed by atoms with van der Waals surface area (Å²) in [5, 5.41) is 12.7. The van der Waals surface area contributed by atoms with Crippen LogP contribution in [0.1, 0.15) is 83.6 Å². The van der Waals surface area contributed by atoms with Gasteiger partial charge in [0, 0.05) is 11.4 Å². The van der Waals surface area contributed by atoms with Gasteiger partial charge in [0.15, 0.2) is 0 Å². The Morgan fingerprint density at radius 3 is 2.12 bits per heavy atom. The fourth-order valence-corrected chi connectivity index (χ4v) is 4.92. The molecule has 190 valence electrons. The van der Waals surface area contributed by atoms with Crippen molar-refractivity contribution in [1.29, 1.82) is 0 Å². The van der Waals surface area contributed by atoms with Crippen molar-refractivity contribution >= 4 is 27.1 Å². The summed E-state index contributed by atoms with van der Waals surface area (Å²) in [6.45, 7) is 3.39. The SMILES string of the molecule is CCCCCCS(=O)(=O)CCCCCCC[C@](C)(O)C(=O)Nc1ccc(N)c(C(F)(F)F)c1. The number of anilines is 2. The highest BCUT2D eigenvalue weighted by Crippen LogP contribution is 2.35. The molecule has 6 nitrogen and oxygen atoms in total. The lowest BCUT2D eigenvalue weighted by atomic mass is 9.96. The molecule has 0 aliphatic heterocycles. The summed E-state index contributed by atoms with van der Waals surface area (Å²) in [5.74, 6) is -0.376. The molecule has 1 aromatic carbocycles. The second-order valence-corrected chi connectivity index (χ2v) is 11.1. The van der Waals surface area contributed by atoms with Crippen LogP contribution in [0.2, 0.25) is 0 Å². The molecule has 0 unspecified atom stereocenters. The third-order valence-corrected chi connectivity index (χ3v) is 7.35. The largest absolute Gasteiger partial charge is 0.418 e. The van der Waals surface area contributed by atoms with Gasteiger partial charge < -0.3 is 16.2 Å². The van der Waals surface area contributed by atoms with Crippen molar-refractivity contribution in [2.45, 2.75) is 89.8 Å². The van der Waals surface area contributed by atoms with Crippen LogP contribution in [0.4, 0.5) is 24.5 Å². The lowest BCUT2D eigenvalue weighted by Crippen LogP contribution is -2.40. The van der Waals surface area contributed by atoms with Crippen molar-refractivity contribution < 1.29 is 31.5 Å². The molecular weight excluding hydrogens is 457 g/mol. The van der Waals surface area contributed by atoms with Gasteiger partial charge in [0.2, 0.25) is 0 Å². The molecule has 0 aromatic heterocycles. The number of sulfone groups is 1. The quantitative estimate of drug-likeness (QED) is 0.226. The standard InChI is InChI=1S/C23H37F3N2O4S/c1-3-4-5-10-15-33(31,32)16-11-8-6-7-9-14-22(2,30)21(29)28-18-12-13-20(27)19(17-18)23(24,25)26/h12-13,17,30H,3-11,14-16,27H2,1-2H3,(H,28,29)/t22-/m0/s1. The van der Waals surface area contributed by atoms with Crippen LogP contribution in [0.15, 0.2) is 18.2 Å². The van der Waals surface area contributed by atoms with E-state index < -0.39 is 38.8 Å². The molecule has 0 aliphatic rings. The summed E-state index contributed by atoms with van der Waals surface area (Å²) < 4.78 is 62.9. The molecule has 0 saturated carbocycles. The molecule has 1 atom stereocenters. The van der Waals surface area contributed by atoms with Gasteiger partial charge >= 0.3 is 6.18 Å². The van der Waals surface area contributed by atoms with E-state index in [-0.39, 0.29) is 23.6 Å². The second-order valence-electron chi connectivity index (χ2n) is 8.76. The van der Waals surface area contributed by atoms with Crippen LogP contribution in [0, 0.1) is 0 Å². The third-order valence-electron chi connectivity index (χ3n) is 5.53. The first-order valence-electron chi connectivity index (χ1n) is 11.5. The molecule has 0 bridgehead atoms. The van der Waals surface area contributed by atoms with Crippen molar-refractivity contribution in [3.8, 4) is 0 Å². The van der Waals surface area contributed by atoms with Crippen LogP contribution in [-0.4, -0.2) is 36.5 Å². The molecular formula is C23H37F3N2O4S. The number of aliphatic hydroxyl groups is 1. The van der Waals surface area contributed by atoms with Crippen molar-refractivity contribution in [1.82, 2.24) is 0 Å². The second kappa shape index (κ2) is 13.2. The number of nitrogen functional groups attached to an aromatic ring is 1. The number of hydrogen-bond acceptors (Lipinski definition) is 5. The maximum atomic E-state index is 13.0. The van der Waals surface area contributed by atoms with Gasteiger partial charge in [0.05, 0.1) is 17.1 Å². The summed E-state index contributed by atoms with van der Waals surface area (Å²) in [6, 6.07) is 3.04. The Balaban J connectivity index is 2.36. The van der Waals surface area contributed by atoms with E-state index in [0.29, 0.717) is 25.7 Å². The van der Waals surface area contributed by atoms with Crippen molar-refractivity contribution in [2.24, 2.45) is 0 Å². The van der Waals surface area contributed by atoms with Gasteiger partial charge in [-0.1, -0.05) is 51.9 Å². The predicted octanol–water partition coefficient (Wildman–Crippen LogP) is 5.31. The van der Waals surface area contributed by atoms with E-state index in [1.165, 1.54) is 13.0 Å². The minimum Gasteiger partial charge on any atom is -0.398 e. The monoisotopic (exact) mass is 494 g/mol. The molecule has 0 fully saturated rings. The maximum absolute atomic E-state index is 13.0. The lowest BCUT2D eigenvalue weighted by molar-refractivity contribution is -0.137. The van der Waals surface area contributed by atoms with Gasteiger partial charge in [-0.2, -0.15) is 13.2 Å². The van der Waals surface area contributed by atoms with Crippen LogP contribution in [0.25, 0.3) is 0 Å². The predicted molar refractivity (Wildman–Crippen MR) is 126 cm³/mol. The normalized spacial score (nSPS) is 14.1. The first-order chi connectivity index (χ1) is 15.3. The van der Waals surface area contributed by atoms with Gasteiger partial charge in [-0.25, -0.2) is 8.42 Å². The fourth-order valence-electron chi connectivity index (χ4n) is 3.43. The van der Waals surface area contributed by atoms with E-state index in [1.54, 1.807) is 0 Å². The number of nitrogens with two attached hydrogens (primary N) is 1. The highest BCUT2D eigenvalue weighted by molar-refractivity contribution is 7.91. The molecule has 4 N–H and O–H groups in total. The molecule has 0 spiro atoms. The van der Waals surface area contributed by atoms with E-state index in [1.807, 2.05) is 0 Å². The Kier molecular flexibility index (Phi) is 11.7. The molecule has 33 heavy (non-hydrogen) atoms. The molecule has 10 heteroatoms. The number of unbranched alkanes of at least 4 members (excludes halogenated alkanes) is 7. The number of amides is 1. The lowest BCUT2D eigenvalue weighted by Gasteiger charge is -2.22. The summed E-state index contributed by atoms with van der Waals surface area (Å²) in [7, 11) is -3.01. The van der Waals surface area contributed by atoms with Gasteiger partial charge in [0.25, 0.3) is 5.91 Å². The number of benzene rings is 1. The van der Waals surface area contributed by atoms with Crippen LogP contribution >= 0.6 is 0 Å². The van der Waals surface area contributed by atoms with Gasteiger partial charge in [0.1, 0.15) is 15.4 Å². The average molecular weight is 495 g/mol. The highest BCUT2D eigenvalue weighted by Gasteiger charge is 2.34. The number of carbonyl (C=O) groups excluding carboxylic acids is 1. The molecule has 1 aromatic rings. The van der Waals surface area contributed by atoms with Gasteiger partial charge in [-0.05, 0) is 44.4 Å². The van der Waals surface area contributed by atoms with Crippen LogP contribution in [0.3, 0.4) is 0 Å². The number of nitrogens with one attached hydrogen (secondary N) is 1. The minimum absolute atomic E-state index is 0.0993. The summed E-state index contributed by atoms with van der Waals surface area (Å²) in [6.07, 6.45) is 2.58. The van der Waals surface area contributed by atoms with Crippen LogP contribution in [-0.2, 0) is 20.8 Å². The zero-order valence-corrected chi connectivity index (χ0v) is 20.3. The van der Waals surface area contributed by atoms with E-state index in [2.05, 4.69) is 12.2 Å². The molecule has 0 heterocycles. The van der Waals surface area contributed by atoms with Gasteiger partial charge in [-0.15, -0.1) is 0 Å². The van der Waals surface area contributed by atoms with Crippen molar-refractivity contribution in [3.63, 3.8) is 0 Å². The zero-order chi connectivity index (χ0) is 25.1. The Labute approximate surface area is 195 Å². The minimum atomic E-state index is -4.65. The summed E-state index contributed by atoms with van der Waals surface area (Å²) >= 11 is 0. The average Bonchev–Trinajstić information content (AvgIpc) is 2.71. The van der Waals surface area contributed by atoms with Crippen LogP contribution < -0.4 is 11.1 Å². The van der Waals surface area contributed by atoms with E-state index in [9.17, 15) is 31.5 Å². The first-order valence-corrected chi connectivity index (χ1v) is 13.3. The highest BCUT2D eigenvalue weighted by atomic mass is 32.2. The Morgan fingerprint density at radius 1 is 1.00 bits per heavy atom.